The average Bonchev–Trinajstić information content (AvgIpc) is 3.27. The van der Waals surface area contributed by atoms with E-state index in [0.717, 1.165) is 18.5 Å². The van der Waals surface area contributed by atoms with Crippen LogP contribution in [0.3, 0.4) is 0 Å². The van der Waals surface area contributed by atoms with Crippen LogP contribution >= 0.6 is 11.3 Å². The molecule has 1 aliphatic heterocycles. The van der Waals surface area contributed by atoms with Crippen molar-refractivity contribution < 1.29 is 9.90 Å². The fraction of sp³-hybridized carbons (Fsp3) is 0.615. The number of fused-ring (bicyclic) bond motifs is 1. The summed E-state index contributed by atoms with van der Waals surface area (Å²) in [6.45, 7) is 10.8. The summed E-state index contributed by atoms with van der Waals surface area (Å²) in [4.78, 5) is 19.3. The van der Waals surface area contributed by atoms with Gasteiger partial charge in [-0.3, -0.25) is 4.79 Å². The Morgan fingerprint density at radius 2 is 1.84 bits per heavy atom. The molecule has 0 spiro atoms. The molecule has 32 heavy (non-hydrogen) atoms. The quantitative estimate of drug-likeness (QED) is 0.692. The van der Waals surface area contributed by atoms with Crippen LogP contribution in [0.4, 0.5) is 0 Å². The normalized spacial score (nSPS) is 21.2. The van der Waals surface area contributed by atoms with E-state index in [-0.39, 0.29) is 23.3 Å². The predicted molar refractivity (Wildman–Crippen MR) is 131 cm³/mol. The molecule has 3 N–H and O–H groups in total. The summed E-state index contributed by atoms with van der Waals surface area (Å²) in [5.74, 6) is 0.344. The van der Waals surface area contributed by atoms with Gasteiger partial charge in [-0.1, -0.05) is 39.8 Å². The molecule has 1 fully saturated rings. The Morgan fingerprint density at radius 3 is 2.50 bits per heavy atom. The minimum atomic E-state index is -0.596. The van der Waals surface area contributed by atoms with E-state index in [0.29, 0.717) is 25.4 Å². The van der Waals surface area contributed by atoms with Crippen molar-refractivity contribution in [1.82, 2.24) is 9.88 Å². The smallest absolute Gasteiger partial charge is 0.239 e. The first-order valence-corrected chi connectivity index (χ1v) is 12.8. The number of nitrogens with two attached hydrogens (primary N) is 1. The van der Waals surface area contributed by atoms with Gasteiger partial charge in [0.2, 0.25) is 5.91 Å². The van der Waals surface area contributed by atoms with Gasteiger partial charge < -0.3 is 15.7 Å². The Kier molecular flexibility index (Phi) is 6.49. The van der Waals surface area contributed by atoms with E-state index in [1.807, 2.05) is 4.90 Å². The van der Waals surface area contributed by atoms with E-state index in [1.54, 1.807) is 11.3 Å². The largest absolute Gasteiger partial charge is 0.396 e. The molecule has 1 aromatic heterocycles. The number of benzene rings is 1. The third kappa shape index (κ3) is 4.50. The van der Waals surface area contributed by atoms with Crippen molar-refractivity contribution in [2.75, 3.05) is 19.7 Å². The maximum atomic E-state index is 12.4. The van der Waals surface area contributed by atoms with Crippen LogP contribution < -0.4 is 5.73 Å². The highest BCUT2D eigenvalue weighted by Crippen LogP contribution is 2.47. The van der Waals surface area contributed by atoms with Gasteiger partial charge in [-0.25, -0.2) is 4.98 Å². The molecule has 1 aliphatic carbocycles. The van der Waals surface area contributed by atoms with E-state index < -0.39 is 6.04 Å². The molecule has 1 saturated heterocycles. The first kappa shape index (κ1) is 23.4. The summed E-state index contributed by atoms with van der Waals surface area (Å²) >= 11 is 1.74. The molecular formula is C26H37N3O2S. The summed E-state index contributed by atoms with van der Waals surface area (Å²) in [7, 11) is 0. The number of piperidine rings is 1. The zero-order valence-corrected chi connectivity index (χ0v) is 20.7. The van der Waals surface area contributed by atoms with E-state index in [2.05, 4.69) is 51.3 Å². The minimum absolute atomic E-state index is 0.0445. The molecule has 1 atom stereocenters. The Balaban J connectivity index is 1.48. The Labute approximate surface area is 196 Å². The van der Waals surface area contributed by atoms with Crippen molar-refractivity contribution in [3.8, 4) is 11.3 Å². The third-order valence-electron chi connectivity index (χ3n) is 7.58. The van der Waals surface area contributed by atoms with Crippen LogP contribution in [-0.4, -0.2) is 46.6 Å². The van der Waals surface area contributed by atoms with Crippen molar-refractivity contribution in [2.45, 2.75) is 82.6 Å². The number of aliphatic hydroxyl groups excluding tert-OH is 1. The van der Waals surface area contributed by atoms with E-state index >= 15 is 0 Å². The Bertz CT molecular complexity index is 973. The highest BCUT2D eigenvalue weighted by atomic mass is 32.1. The van der Waals surface area contributed by atoms with Gasteiger partial charge in [0.25, 0.3) is 0 Å². The first-order chi connectivity index (χ1) is 15.1. The van der Waals surface area contributed by atoms with Gasteiger partial charge in [0, 0.05) is 36.6 Å². The Morgan fingerprint density at radius 1 is 1.19 bits per heavy atom. The van der Waals surface area contributed by atoms with Crippen LogP contribution in [0.25, 0.3) is 11.3 Å². The number of aliphatic hydroxyl groups is 1. The van der Waals surface area contributed by atoms with Crippen LogP contribution in [0.5, 0.6) is 0 Å². The number of nitrogens with zero attached hydrogens (tertiary/aromatic N) is 2. The van der Waals surface area contributed by atoms with Crippen LogP contribution in [0.15, 0.2) is 23.6 Å². The molecule has 174 valence electrons. The molecule has 6 heteroatoms. The second kappa shape index (κ2) is 8.88. The second-order valence-corrected chi connectivity index (χ2v) is 11.7. The van der Waals surface area contributed by atoms with Gasteiger partial charge in [-0.15, -0.1) is 11.3 Å². The summed E-state index contributed by atoms with van der Waals surface area (Å²) in [5.41, 5.74) is 11.5. The van der Waals surface area contributed by atoms with Crippen molar-refractivity contribution >= 4 is 17.2 Å². The number of likely N-dealkylation sites (tertiary alicyclic amines) is 1. The number of carbonyl (C=O) groups excluding carboxylic acids is 1. The maximum absolute atomic E-state index is 12.4. The lowest BCUT2D eigenvalue weighted by molar-refractivity contribution is -0.134. The number of hydrogen-bond acceptors (Lipinski definition) is 5. The zero-order chi connectivity index (χ0) is 23.1. The zero-order valence-electron chi connectivity index (χ0n) is 19.9. The lowest BCUT2D eigenvalue weighted by atomic mass is 9.63. The van der Waals surface area contributed by atoms with Crippen LogP contribution in [0.2, 0.25) is 0 Å². The molecule has 1 amide bonds. The van der Waals surface area contributed by atoms with E-state index in [1.165, 1.54) is 34.5 Å². The summed E-state index contributed by atoms with van der Waals surface area (Å²) in [6, 6.07) is 6.34. The molecule has 2 aromatic rings. The lowest BCUT2D eigenvalue weighted by Gasteiger charge is -2.42. The molecule has 0 radical (unpaired) electrons. The summed E-state index contributed by atoms with van der Waals surface area (Å²) in [5, 5.41) is 12.4. The SMILES string of the molecule is CC1(C)CCC(C)(C)c2cc(-c3csc(C4CCN(C(=O)[C@@H](N)CCO)CC4)n3)ccc21. The maximum Gasteiger partial charge on any atom is 0.239 e. The number of amides is 1. The number of carbonyl (C=O) groups is 1. The fourth-order valence-corrected chi connectivity index (χ4v) is 6.20. The van der Waals surface area contributed by atoms with Gasteiger partial charge in [0.05, 0.1) is 16.7 Å². The van der Waals surface area contributed by atoms with Crippen LogP contribution in [-0.2, 0) is 15.6 Å². The topological polar surface area (TPSA) is 79.5 Å². The number of aromatic nitrogens is 1. The van der Waals surface area contributed by atoms with Gasteiger partial charge in [-0.2, -0.15) is 0 Å². The monoisotopic (exact) mass is 455 g/mol. The van der Waals surface area contributed by atoms with Gasteiger partial charge in [0.1, 0.15) is 0 Å². The molecule has 0 bridgehead atoms. The third-order valence-corrected chi connectivity index (χ3v) is 8.59. The molecule has 5 nitrogen and oxygen atoms in total. The lowest BCUT2D eigenvalue weighted by Crippen LogP contribution is -2.47. The molecule has 4 rings (SSSR count). The molecule has 1 aromatic carbocycles. The second-order valence-electron chi connectivity index (χ2n) is 10.8. The number of rotatable bonds is 5. The first-order valence-electron chi connectivity index (χ1n) is 11.9. The predicted octanol–water partition coefficient (Wildman–Crippen LogP) is 4.57. The van der Waals surface area contributed by atoms with Crippen molar-refractivity contribution in [3.05, 3.63) is 39.7 Å². The van der Waals surface area contributed by atoms with Crippen LogP contribution in [0, 0.1) is 0 Å². The van der Waals surface area contributed by atoms with Crippen molar-refractivity contribution in [3.63, 3.8) is 0 Å². The molecule has 0 unspecified atom stereocenters. The molecule has 2 aliphatic rings. The number of hydrogen-bond donors (Lipinski definition) is 2. The highest BCUT2D eigenvalue weighted by molar-refractivity contribution is 7.10. The molecular weight excluding hydrogens is 418 g/mol. The summed E-state index contributed by atoms with van der Waals surface area (Å²) in [6.07, 6.45) is 4.58. The van der Waals surface area contributed by atoms with E-state index in [9.17, 15) is 4.79 Å². The average molecular weight is 456 g/mol. The van der Waals surface area contributed by atoms with Crippen LogP contribution in [0.1, 0.15) is 81.9 Å². The highest BCUT2D eigenvalue weighted by Gasteiger charge is 2.37. The minimum Gasteiger partial charge on any atom is -0.396 e. The molecule has 0 saturated carbocycles. The van der Waals surface area contributed by atoms with Gasteiger partial charge >= 0.3 is 0 Å². The van der Waals surface area contributed by atoms with Gasteiger partial charge in [-0.05, 0) is 60.1 Å². The fourth-order valence-electron chi connectivity index (χ4n) is 5.20. The Hall–Kier alpha value is -1.76. The van der Waals surface area contributed by atoms with Crippen molar-refractivity contribution in [2.24, 2.45) is 5.73 Å². The van der Waals surface area contributed by atoms with E-state index in [4.69, 9.17) is 15.8 Å². The van der Waals surface area contributed by atoms with Crippen molar-refractivity contribution in [1.29, 1.82) is 0 Å². The number of thiazole rings is 1. The standard InChI is InChI=1S/C26H37N3O2S/c1-25(2)10-11-26(3,4)20-15-18(5-6-19(20)25)22-16-32-23(28-22)17-7-12-29(13-8-17)24(31)21(27)9-14-30/h5-6,15-17,21,30H,7-14,27H2,1-4H3/t21-/m0/s1. The van der Waals surface area contributed by atoms with Gasteiger partial charge in [0.15, 0.2) is 0 Å². The molecule has 2 heterocycles. The summed E-state index contributed by atoms with van der Waals surface area (Å²) < 4.78 is 0.